The Labute approximate surface area is 151 Å². The Kier molecular flexibility index (Phi) is 6.02. The molecule has 2 aromatic rings. The SMILES string of the molecule is CC(C)(C)OC(=O)N1CCCC1C(=O)O.O=c1cc[nH]c2ccccc12. The first-order valence-electron chi connectivity index (χ1n) is 8.48. The molecular formula is C19H24N2O5. The molecule has 0 aliphatic carbocycles. The van der Waals surface area contributed by atoms with Gasteiger partial charge in [-0.25, -0.2) is 9.59 Å². The minimum atomic E-state index is -0.960. The van der Waals surface area contributed by atoms with E-state index in [1.165, 1.54) is 11.0 Å². The Morgan fingerprint density at radius 1 is 1.23 bits per heavy atom. The third-order valence-electron chi connectivity index (χ3n) is 3.83. The van der Waals surface area contributed by atoms with E-state index in [0.717, 1.165) is 17.3 Å². The fourth-order valence-corrected chi connectivity index (χ4v) is 2.68. The Morgan fingerprint density at radius 3 is 2.54 bits per heavy atom. The second-order valence-electron chi connectivity index (χ2n) is 7.06. The standard InChI is InChI=1S/C10H17NO4.C9H7NO/c1-10(2,3)15-9(14)11-6-4-5-7(11)8(12)13;11-9-5-6-10-8-4-2-1-3-7(8)9/h7H,4-6H2,1-3H3,(H,12,13);1-6H,(H,10,11). The molecular weight excluding hydrogens is 336 g/mol. The van der Waals surface area contributed by atoms with E-state index < -0.39 is 23.7 Å². The van der Waals surface area contributed by atoms with Gasteiger partial charge in [0.15, 0.2) is 5.43 Å². The van der Waals surface area contributed by atoms with Gasteiger partial charge >= 0.3 is 12.1 Å². The molecule has 1 saturated heterocycles. The number of benzene rings is 1. The van der Waals surface area contributed by atoms with Crippen LogP contribution in [-0.2, 0) is 9.53 Å². The number of carbonyl (C=O) groups is 2. The minimum absolute atomic E-state index is 0.0688. The normalized spacial score (nSPS) is 16.7. The number of H-pyrrole nitrogens is 1. The number of hydrogen-bond acceptors (Lipinski definition) is 4. The van der Waals surface area contributed by atoms with E-state index in [9.17, 15) is 14.4 Å². The number of carbonyl (C=O) groups excluding carboxylic acids is 1. The monoisotopic (exact) mass is 360 g/mol. The van der Waals surface area contributed by atoms with Crippen LogP contribution in [0, 0.1) is 0 Å². The van der Waals surface area contributed by atoms with Crippen molar-refractivity contribution in [3.63, 3.8) is 0 Å². The number of pyridine rings is 1. The van der Waals surface area contributed by atoms with Gasteiger partial charge in [-0.2, -0.15) is 0 Å². The maximum atomic E-state index is 11.6. The molecule has 0 bridgehead atoms. The Hall–Kier alpha value is -2.83. The molecule has 1 atom stereocenters. The van der Waals surface area contributed by atoms with Gasteiger partial charge in [-0.05, 0) is 45.7 Å². The molecule has 2 heterocycles. The van der Waals surface area contributed by atoms with Crippen LogP contribution in [0.3, 0.4) is 0 Å². The van der Waals surface area contributed by atoms with Gasteiger partial charge in [0.1, 0.15) is 11.6 Å². The zero-order chi connectivity index (χ0) is 19.3. The fourth-order valence-electron chi connectivity index (χ4n) is 2.68. The van der Waals surface area contributed by atoms with Crippen molar-refractivity contribution in [2.75, 3.05) is 6.54 Å². The molecule has 140 valence electrons. The van der Waals surface area contributed by atoms with E-state index in [0.29, 0.717) is 13.0 Å². The summed E-state index contributed by atoms with van der Waals surface area (Å²) in [5, 5.41) is 9.63. The molecule has 7 nitrogen and oxygen atoms in total. The molecule has 0 saturated carbocycles. The number of fused-ring (bicyclic) bond motifs is 1. The van der Waals surface area contributed by atoms with Crippen LogP contribution in [0.2, 0.25) is 0 Å². The van der Waals surface area contributed by atoms with E-state index >= 15 is 0 Å². The van der Waals surface area contributed by atoms with Crippen LogP contribution in [0.25, 0.3) is 10.9 Å². The summed E-state index contributed by atoms with van der Waals surface area (Å²) in [6.07, 6.45) is 2.35. The third kappa shape index (κ3) is 5.08. The number of nitrogens with zero attached hydrogens (tertiary/aromatic N) is 1. The summed E-state index contributed by atoms with van der Waals surface area (Å²) >= 11 is 0. The fraction of sp³-hybridized carbons (Fsp3) is 0.421. The molecule has 7 heteroatoms. The number of carboxylic acid groups (broad SMARTS) is 1. The van der Waals surface area contributed by atoms with Crippen LogP contribution in [0.5, 0.6) is 0 Å². The van der Waals surface area contributed by atoms with Crippen molar-refractivity contribution in [1.82, 2.24) is 9.88 Å². The van der Waals surface area contributed by atoms with E-state index in [4.69, 9.17) is 9.84 Å². The van der Waals surface area contributed by atoms with Crippen LogP contribution < -0.4 is 5.43 Å². The predicted octanol–water partition coefficient (Wildman–Crippen LogP) is 3.00. The number of hydrogen-bond donors (Lipinski definition) is 2. The molecule has 1 unspecified atom stereocenters. The van der Waals surface area contributed by atoms with Gasteiger partial charge in [0.25, 0.3) is 0 Å². The highest BCUT2D eigenvalue weighted by atomic mass is 16.6. The summed E-state index contributed by atoms with van der Waals surface area (Å²) in [6, 6.07) is 8.27. The average molecular weight is 360 g/mol. The van der Waals surface area contributed by atoms with Crippen molar-refractivity contribution in [3.8, 4) is 0 Å². The maximum absolute atomic E-state index is 11.6. The smallest absolute Gasteiger partial charge is 0.411 e. The molecule has 1 aromatic carbocycles. The van der Waals surface area contributed by atoms with Crippen molar-refractivity contribution in [2.24, 2.45) is 0 Å². The molecule has 1 aliphatic rings. The van der Waals surface area contributed by atoms with Crippen molar-refractivity contribution < 1.29 is 19.4 Å². The Balaban J connectivity index is 0.000000195. The number of amides is 1. The van der Waals surface area contributed by atoms with E-state index in [1.807, 2.05) is 24.3 Å². The van der Waals surface area contributed by atoms with Gasteiger partial charge in [0, 0.05) is 29.7 Å². The molecule has 3 rings (SSSR count). The van der Waals surface area contributed by atoms with Crippen LogP contribution >= 0.6 is 0 Å². The summed E-state index contributed by atoms with van der Waals surface area (Å²) in [5.74, 6) is -0.960. The van der Waals surface area contributed by atoms with Gasteiger partial charge in [-0.1, -0.05) is 12.1 Å². The average Bonchev–Trinajstić information content (AvgIpc) is 3.04. The minimum Gasteiger partial charge on any atom is -0.480 e. The van der Waals surface area contributed by atoms with Gasteiger partial charge in [-0.15, -0.1) is 0 Å². The summed E-state index contributed by atoms with van der Waals surface area (Å²) < 4.78 is 5.13. The number of likely N-dealkylation sites (tertiary alicyclic amines) is 1. The molecule has 2 N–H and O–H groups in total. The Morgan fingerprint density at radius 2 is 1.92 bits per heavy atom. The maximum Gasteiger partial charge on any atom is 0.411 e. The zero-order valence-electron chi connectivity index (χ0n) is 15.2. The van der Waals surface area contributed by atoms with Gasteiger partial charge in [-0.3, -0.25) is 9.69 Å². The highest BCUT2D eigenvalue weighted by molar-refractivity contribution is 5.80. The van der Waals surface area contributed by atoms with Crippen molar-refractivity contribution in [3.05, 3.63) is 46.8 Å². The van der Waals surface area contributed by atoms with E-state index in [1.54, 1.807) is 27.0 Å². The van der Waals surface area contributed by atoms with Gasteiger partial charge in [0.05, 0.1) is 0 Å². The number of nitrogens with one attached hydrogen (secondary N) is 1. The Bertz CT molecular complexity index is 832. The summed E-state index contributed by atoms with van der Waals surface area (Å²) in [6.45, 7) is 5.75. The largest absolute Gasteiger partial charge is 0.480 e. The number of aliphatic carboxylic acids is 1. The molecule has 1 fully saturated rings. The lowest BCUT2D eigenvalue weighted by Gasteiger charge is -2.26. The lowest BCUT2D eigenvalue weighted by molar-refractivity contribution is -0.142. The first kappa shape index (κ1) is 19.5. The van der Waals surface area contributed by atoms with Crippen molar-refractivity contribution >= 4 is 23.0 Å². The van der Waals surface area contributed by atoms with Crippen LogP contribution in [0.4, 0.5) is 4.79 Å². The zero-order valence-corrected chi connectivity index (χ0v) is 15.2. The summed E-state index contributed by atoms with van der Waals surface area (Å²) in [4.78, 5) is 37.9. The topological polar surface area (TPSA) is 99.7 Å². The number of carboxylic acids is 1. The molecule has 26 heavy (non-hydrogen) atoms. The summed E-state index contributed by atoms with van der Waals surface area (Å²) in [5.41, 5.74) is 0.377. The van der Waals surface area contributed by atoms with Crippen molar-refractivity contribution in [1.29, 1.82) is 0 Å². The first-order chi connectivity index (χ1) is 12.2. The van der Waals surface area contributed by atoms with E-state index in [2.05, 4.69) is 4.98 Å². The second-order valence-corrected chi connectivity index (χ2v) is 7.06. The predicted molar refractivity (Wildman–Crippen MR) is 98.2 cm³/mol. The molecule has 1 aliphatic heterocycles. The number of para-hydroxylation sites is 1. The lowest BCUT2D eigenvalue weighted by atomic mass is 10.2. The number of rotatable bonds is 1. The molecule has 1 amide bonds. The van der Waals surface area contributed by atoms with Gasteiger partial charge in [0.2, 0.25) is 0 Å². The van der Waals surface area contributed by atoms with Gasteiger partial charge < -0.3 is 14.8 Å². The summed E-state index contributed by atoms with van der Waals surface area (Å²) in [7, 11) is 0. The number of ether oxygens (including phenoxy) is 1. The molecule has 1 aromatic heterocycles. The third-order valence-corrected chi connectivity index (χ3v) is 3.83. The second kappa shape index (κ2) is 8.03. The van der Waals surface area contributed by atoms with E-state index in [-0.39, 0.29) is 5.43 Å². The molecule has 0 radical (unpaired) electrons. The highest BCUT2D eigenvalue weighted by Crippen LogP contribution is 2.20. The molecule has 0 spiro atoms. The van der Waals surface area contributed by atoms with Crippen molar-refractivity contribution in [2.45, 2.75) is 45.3 Å². The van der Waals surface area contributed by atoms with Crippen LogP contribution in [0.1, 0.15) is 33.6 Å². The number of aromatic nitrogens is 1. The first-order valence-corrected chi connectivity index (χ1v) is 8.48. The highest BCUT2D eigenvalue weighted by Gasteiger charge is 2.36. The quantitative estimate of drug-likeness (QED) is 0.814. The lowest BCUT2D eigenvalue weighted by Crippen LogP contribution is -2.43. The number of aromatic amines is 1. The van der Waals surface area contributed by atoms with Crippen LogP contribution in [0.15, 0.2) is 41.3 Å². The van der Waals surface area contributed by atoms with Crippen LogP contribution in [-0.4, -0.2) is 45.2 Å².